The Balaban J connectivity index is 1.45. The third-order valence-corrected chi connectivity index (χ3v) is 6.01. The molecule has 0 atom stereocenters. The Morgan fingerprint density at radius 3 is 2.45 bits per heavy atom. The SMILES string of the molecule is O=C(COc1ccccc1/C=C1\SC(=O)N(Cc2ccccc2)C1=O)Nc1ccccc1Cl. The molecule has 166 valence electrons. The summed E-state index contributed by atoms with van der Waals surface area (Å²) in [6.45, 7) is -0.0330. The standard InChI is InChI=1S/C25H19ClN2O4S/c26-19-11-5-6-12-20(19)27-23(29)16-32-21-13-7-4-10-18(21)14-22-24(30)28(25(31)33-22)15-17-8-2-1-3-9-17/h1-14H,15-16H2,(H,27,29)/b22-14-. The first-order chi connectivity index (χ1) is 16.0. The first kappa shape index (κ1) is 22.6. The van der Waals surface area contributed by atoms with Crippen molar-refractivity contribution in [3.63, 3.8) is 0 Å². The predicted octanol–water partition coefficient (Wildman–Crippen LogP) is 5.59. The number of carbonyl (C=O) groups excluding carboxylic acids is 3. The van der Waals surface area contributed by atoms with Gasteiger partial charge in [-0.25, -0.2) is 0 Å². The highest BCUT2D eigenvalue weighted by atomic mass is 35.5. The molecular weight excluding hydrogens is 460 g/mol. The Labute approximate surface area is 200 Å². The van der Waals surface area contributed by atoms with Crippen LogP contribution in [0.4, 0.5) is 10.5 Å². The zero-order valence-corrected chi connectivity index (χ0v) is 18.9. The normalized spacial score (nSPS) is 14.6. The molecule has 3 aromatic rings. The number of benzene rings is 3. The van der Waals surface area contributed by atoms with Crippen molar-refractivity contribution >= 4 is 52.2 Å². The molecule has 4 rings (SSSR count). The molecular formula is C25H19ClN2O4S. The lowest BCUT2D eigenvalue weighted by Crippen LogP contribution is -2.27. The molecule has 1 saturated heterocycles. The van der Waals surface area contributed by atoms with Crippen LogP contribution in [0, 0.1) is 0 Å². The van der Waals surface area contributed by atoms with Crippen LogP contribution in [0.25, 0.3) is 6.08 Å². The van der Waals surface area contributed by atoms with Crippen LogP contribution in [0.5, 0.6) is 5.75 Å². The maximum atomic E-state index is 12.8. The van der Waals surface area contributed by atoms with Crippen LogP contribution < -0.4 is 10.1 Å². The Morgan fingerprint density at radius 2 is 1.67 bits per heavy atom. The third kappa shape index (κ3) is 5.63. The van der Waals surface area contributed by atoms with E-state index in [1.807, 2.05) is 30.3 Å². The van der Waals surface area contributed by atoms with Gasteiger partial charge >= 0.3 is 0 Å². The maximum Gasteiger partial charge on any atom is 0.293 e. The molecule has 1 heterocycles. The van der Waals surface area contributed by atoms with Gasteiger partial charge in [-0.1, -0.05) is 72.3 Å². The topological polar surface area (TPSA) is 75.7 Å². The van der Waals surface area contributed by atoms with E-state index in [9.17, 15) is 14.4 Å². The molecule has 0 radical (unpaired) electrons. The number of halogens is 1. The highest BCUT2D eigenvalue weighted by Gasteiger charge is 2.35. The van der Waals surface area contributed by atoms with Crippen molar-refractivity contribution in [3.05, 3.63) is 99.9 Å². The highest BCUT2D eigenvalue weighted by Crippen LogP contribution is 2.34. The average molecular weight is 479 g/mol. The second-order valence-electron chi connectivity index (χ2n) is 7.11. The van der Waals surface area contributed by atoms with E-state index >= 15 is 0 Å². The first-order valence-electron chi connectivity index (χ1n) is 10.1. The molecule has 33 heavy (non-hydrogen) atoms. The van der Waals surface area contributed by atoms with Crippen LogP contribution in [0.1, 0.15) is 11.1 Å². The molecule has 3 aromatic carbocycles. The fourth-order valence-electron chi connectivity index (χ4n) is 3.17. The number of thioether (sulfide) groups is 1. The molecule has 0 aliphatic carbocycles. The van der Waals surface area contributed by atoms with E-state index in [0.717, 1.165) is 17.3 Å². The van der Waals surface area contributed by atoms with Gasteiger partial charge in [0.05, 0.1) is 22.2 Å². The van der Waals surface area contributed by atoms with Crippen LogP contribution in [0.3, 0.4) is 0 Å². The number of amides is 3. The van der Waals surface area contributed by atoms with Crippen LogP contribution in [-0.4, -0.2) is 28.6 Å². The molecule has 8 heteroatoms. The minimum absolute atomic E-state index is 0.212. The number of para-hydroxylation sites is 2. The van der Waals surface area contributed by atoms with Gasteiger partial charge in [-0.2, -0.15) is 0 Å². The number of ether oxygens (including phenoxy) is 1. The zero-order chi connectivity index (χ0) is 23.2. The smallest absolute Gasteiger partial charge is 0.293 e. The van der Waals surface area contributed by atoms with Gasteiger partial charge in [0.2, 0.25) is 0 Å². The second kappa shape index (κ2) is 10.4. The fourth-order valence-corrected chi connectivity index (χ4v) is 4.18. The number of nitrogens with one attached hydrogen (secondary N) is 1. The summed E-state index contributed by atoms with van der Waals surface area (Å²) in [6, 6.07) is 23.2. The number of hydrogen-bond donors (Lipinski definition) is 1. The van der Waals surface area contributed by atoms with E-state index in [1.54, 1.807) is 54.6 Å². The van der Waals surface area contributed by atoms with Crippen LogP contribution in [0.2, 0.25) is 5.02 Å². The molecule has 6 nitrogen and oxygen atoms in total. The van der Waals surface area contributed by atoms with E-state index in [-0.39, 0.29) is 30.2 Å². The Bertz CT molecular complexity index is 1230. The number of hydrogen-bond acceptors (Lipinski definition) is 5. The average Bonchev–Trinajstić information content (AvgIpc) is 3.08. The minimum Gasteiger partial charge on any atom is -0.483 e. The van der Waals surface area contributed by atoms with Gasteiger partial charge in [-0.05, 0) is 41.6 Å². The van der Waals surface area contributed by atoms with Gasteiger partial charge in [-0.15, -0.1) is 0 Å². The van der Waals surface area contributed by atoms with Crippen LogP contribution >= 0.6 is 23.4 Å². The molecule has 0 aromatic heterocycles. The predicted molar refractivity (Wildman–Crippen MR) is 130 cm³/mol. The maximum absolute atomic E-state index is 12.8. The number of imide groups is 1. The molecule has 1 N–H and O–H groups in total. The van der Waals surface area contributed by atoms with Crippen molar-refractivity contribution in [2.75, 3.05) is 11.9 Å². The molecule has 1 aliphatic rings. The number of rotatable bonds is 7. The van der Waals surface area contributed by atoms with Gasteiger partial charge in [0.15, 0.2) is 6.61 Å². The van der Waals surface area contributed by atoms with E-state index in [4.69, 9.17) is 16.3 Å². The quantitative estimate of drug-likeness (QED) is 0.448. The number of anilines is 1. The number of carbonyl (C=O) groups is 3. The van der Waals surface area contributed by atoms with Gasteiger partial charge in [-0.3, -0.25) is 19.3 Å². The van der Waals surface area contributed by atoms with Crippen molar-refractivity contribution in [3.8, 4) is 5.75 Å². The third-order valence-electron chi connectivity index (χ3n) is 4.77. The molecule has 3 amide bonds. The van der Waals surface area contributed by atoms with Gasteiger partial charge in [0.25, 0.3) is 17.1 Å². The molecule has 0 unspecified atom stereocenters. The second-order valence-corrected chi connectivity index (χ2v) is 8.51. The van der Waals surface area contributed by atoms with E-state index in [0.29, 0.717) is 26.9 Å². The van der Waals surface area contributed by atoms with Crippen molar-refractivity contribution in [2.45, 2.75) is 6.54 Å². The minimum atomic E-state index is -0.374. The van der Waals surface area contributed by atoms with Gasteiger partial charge in [0, 0.05) is 5.56 Å². The summed E-state index contributed by atoms with van der Waals surface area (Å²) in [5, 5.41) is 2.80. The summed E-state index contributed by atoms with van der Waals surface area (Å²) < 4.78 is 5.69. The largest absolute Gasteiger partial charge is 0.483 e. The van der Waals surface area contributed by atoms with E-state index in [1.165, 1.54) is 4.90 Å². The summed E-state index contributed by atoms with van der Waals surface area (Å²) in [5.41, 5.74) is 1.95. The lowest BCUT2D eigenvalue weighted by Gasteiger charge is -2.12. The molecule has 1 aliphatic heterocycles. The van der Waals surface area contributed by atoms with Crippen molar-refractivity contribution in [1.29, 1.82) is 0 Å². The fraction of sp³-hybridized carbons (Fsp3) is 0.0800. The number of nitrogens with zero attached hydrogens (tertiary/aromatic N) is 1. The lowest BCUT2D eigenvalue weighted by molar-refractivity contribution is -0.123. The van der Waals surface area contributed by atoms with Crippen LogP contribution in [-0.2, 0) is 16.1 Å². The summed E-state index contributed by atoms with van der Waals surface area (Å²) in [5.74, 6) is -0.317. The van der Waals surface area contributed by atoms with E-state index < -0.39 is 0 Å². The van der Waals surface area contributed by atoms with Crippen molar-refractivity contribution in [1.82, 2.24) is 4.90 Å². The Kier molecular flexibility index (Phi) is 7.12. The van der Waals surface area contributed by atoms with Crippen LogP contribution in [0.15, 0.2) is 83.8 Å². The first-order valence-corrected chi connectivity index (χ1v) is 11.3. The summed E-state index contributed by atoms with van der Waals surface area (Å²) >= 11 is 6.95. The summed E-state index contributed by atoms with van der Waals surface area (Å²) in [7, 11) is 0. The van der Waals surface area contributed by atoms with Crippen molar-refractivity contribution < 1.29 is 19.1 Å². The lowest BCUT2D eigenvalue weighted by atomic mass is 10.1. The van der Waals surface area contributed by atoms with Gasteiger partial charge < -0.3 is 10.1 Å². The summed E-state index contributed by atoms with van der Waals surface area (Å²) in [6.07, 6.45) is 1.61. The zero-order valence-electron chi connectivity index (χ0n) is 17.4. The Morgan fingerprint density at radius 1 is 0.970 bits per heavy atom. The van der Waals surface area contributed by atoms with E-state index in [2.05, 4.69) is 5.32 Å². The summed E-state index contributed by atoms with van der Waals surface area (Å²) in [4.78, 5) is 39.1. The van der Waals surface area contributed by atoms with Crippen molar-refractivity contribution in [2.24, 2.45) is 0 Å². The molecule has 0 spiro atoms. The van der Waals surface area contributed by atoms with Gasteiger partial charge in [0.1, 0.15) is 5.75 Å². The molecule has 0 bridgehead atoms. The molecule has 1 fully saturated rings. The molecule has 0 saturated carbocycles. The highest BCUT2D eigenvalue weighted by molar-refractivity contribution is 8.18. The monoisotopic (exact) mass is 478 g/mol. The Hall–Kier alpha value is -3.55.